The Morgan fingerprint density at radius 1 is 1.32 bits per heavy atom. The summed E-state index contributed by atoms with van der Waals surface area (Å²) in [6.07, 6.45) is -4.89. The minimum Gasteiger partial charge on any atom is -0.434 e. The average Bonchev–Trinajstić information content (AvgIpc) is 2.25. The van der Waals surface area contributed by atoms with Gasteiger partial charge in [0.05, 0.1) is 0 Å². The first-order chi connectivity index (χ1) is 8.66. The number of Topliss-reactive ketones (excluding diaryl/α,β-unsaturated/α-hetero) is 1. The number of carbonyl (C=O) groups is 1. The highest BCUT2D eigenvalue weighted by atomic mass is 19.4. The van der Waals surface area contributed by atoms with Crippen molar-refractivity contribution in [3.8, 4) is 5.75 Å². The molecule has 0 spiro atoms. The molecule has 0 aliphatic heterocycles. The van der Waals surface area contributed by atoms with Crippen LogP contribution < -0.4 is 4.74 Å². The van der Waals surface area contributed by atoms with Gasteiger partial charge in [0.25, 0.3) is 0 Å². The molecule has 0 heterocycles. The van der Waals surface area contributed by atoms with Gasteiger partial charge in [-0.15, -0.1) is 0 Å². The quantitative estimate of drug-likeness (QED) is 0.614. The molecule has 0 atom stereocenters. The van der Waals surface area contributed by atoms with Crippen LogP contribution in [0.4, 0.5) is 22.0 Å². The average molecular weight is 282 g/mol. The monoisotopic (exact) mass is 282 g/mol. The second kappa shape index (κ2) is 5.54. The van der Waals surface area contributed by atoms with Gasteiger partial charge in [-0.3, -0.25) is 4.79 Å². The van der Waals surface area contributed by atoms with Gasteiger partial charge in [0.1, 0.15) is 11.3 Å². The van der Waals surface area contributed by atoms with Crippen LogP contribution in [0.2, 0.25) is 0 Å². The molecule has 0 saturated heterocycles. The predicted molar refractivity (Wildman–Crippen MR) is 57.5 cm³/mol. The number of benzene rings is 1. The van der Waals surface area contributed by atoms with Crippen LogP contribution in [0, 0.1) is 0 Å². The van der Waals surface area contributed by atoms with Gasteiger partial charge in [0, 0.05) is 5.56 Å². The zero-order chi connectivity index (χ0) is 14.8. The molecule has 0 bridgehead atoms. The van der Waals surface area contributed by atoms with Gasteiger partial charge in [-0.1, -0.05) is 6.92 Å². The van der Waals surface area contributed by atoms with Gasteiger partial charge in [-0.05, 0) is 31.0 Å². The summed E-state index contributed by atoms with van der Waals surface area (Å²) in [5, 5.41) is 0. The molecule has 19 heavy (non-hydrogen) atoms. The lowest BCUT2D eigenvalue weighted by molar-refractivity contribution is -0.142. The zero-order valence-corrected chi connectivity index (χ0v) is 10.1. The molecule has 0 radical (unpaired) electrons. The molecule has 106 valence electrons. The number of aryl methyl sites for hydroxylation is 1. The number of alkyl halides is 5. The van der Waals surface area contributed by atoms with E-state index in [0.29, 0.717) is 6.07 Å². The summed E-state index contributed by atoms with van der Waals surface area (Å²) in [6, 6.07) is 1.74. The molecule has 0 aliphatic carbocycles. The first-order valence-electron chi connectivity index (χ1n) is 5.36. The van der Waals surface area contributed by atoms with Crippen LogP contribution in [0.15, 0.2) is 12.1 Å². The Hall–Kier alpha value is -1.66. The third kappa shape index (κ3) is 3.65. The highest BCUT2D eigenvalue weighted by molar-refractivity contribution is 5.94. The number of hydrogen-bond acceptors (Lipinski definition) is 2. The number of hydrogen-bond donors (Lipinski definition) is 0. The summed E-state index contributed by atoms with van der Waals surface area (Å²) < 4.78 is 66.9. The van der Waals surface area contributed by atoms with Gasteiger partial charge in [0.2, 0.25) is 0 Å². The van der Waals surface area contributed by atoms with Crippen LogP contribution in [0.1, 0.15) is 35.3 Å². The molecular weight excluding hydrogens is 271 g/mol. The number of ketones is 1. The largest absolute Gasteiger partial charge is 0.434 e. The molecule has 0 N–H and O–H groups in total. The highest BCUT2D eigenvalue weighted by Gasteiger charge is 2.38. The number of ether oxygens (including phenoxy) is 1. The molecule has 0 amide bonds. The van der Waals surface area contributed by atoms with Crippen LogP contribution in [0.5, 0.6) is 5.75 Å². The number of rotatable bonds is 4. The van der Waals surface area contributed by atoms with Crippen molar-refractivity contribution >= 4 is 5.78 Å². The van der Waals surface area contributed by atoms with E-state index in [4.69, 9.17) is 0 Å². The molecule has 1 rings (SSSR count). The van der Waals surface area contributed by atoms with E-state index in [9.17, 15) is 26.7 Å². The van der Waals surface area contributed by atoms with Crippen molar-refractivity contribution in [3.05, 3.63) is 28.8 Å². The van der Waals surface area contributed by atoms with Gasteiger partial charge in [0.15, 0.2) is 5.78 Å². The Morgan fingerprint density at radius 2 is 1.89 bits per heavy atom. The molecule has 0 saturated carbocycles. The first-order valence-corrected chi connectivity index (χ1v) is 5.36. The van der Waals surface area contributed by atoms with Crippen molar-refractivity contribution in [1.82, 2.24) is 0 Å². The predicted octanol–water partition coefficient (Wildman–Crippen LogP) is 4.07. The summed E-state index contributed by atoms with van der Waals surface area (Å²) in [5.41, 5.74) is -1.61. The number of halogens is 5. The molecule has 0 aliphatic rings. The second-order valence-electron chi connectivity index (χ2n) is 3.79. The minimum atomic E-state index is -4.83. The Kier molecular flexibility index (Phi) is 4.49. The van der Waals surface area contributed by atoms with Gasteiger partial charge in [-0.2, -0.15) is 22.0 Å². The van der Waals surface area contributed by atoms with Crippen molar-refractivity contribution < 1.29 is 31.5 Å². The van der Waals surface area contributed by atoms with E-state index in [2.05, 4.69) is 4.74 Å². The Bertz CT molecular complexity index is 480. The summed E-state index contributed by atoms with van der Waals surface area (Å²) in [5.74, 6) is -1.55. The SMILES string of the molecule is CCc1cc(C(C)=O)cc(OC(F)F)c1C(F)(F)F. The van der Waals surface area contributed by atoms with Crippen LogP contribution >= 0.6 is 0 Å². The fraction of sp³-hybridized carbons (Fsp3) is 0.417. The first kappa shape index (κ1) is 15.4. The Balaban J connectivity index is 3.52. The lowest BCUT2D eigenvalue weighted by Crippen LogP contribution is -2.15. The molecule has 0 unspecified atom stereocenters. The lowest BCUT2D eigenvalue weighted by atomic mass is 9.98. The van der Waals surface area contributed by atoms with Crippen LogP contribution in [0.3, 0.4) is 0 Å². The van der Waals surface area contributed by atoms with E-state index in [1.54, 1.807) is 0 Å². The van der Waals surface area contributed by atoms with Crippen molar-refractivity contribution in [2.75, 3.05) is 0 Å². The van der Waals surface area contributed by atoms with Gasteiger partial charge >= 0.3 is 12.8 Å². The van der Waals surface area contributed by atoms with E-state index in [0.717, 1.165) is 13.0 Å². The standard InChI is InChI=1S/C12H11F5O2/c1-3-7-4-8(6(2)18)5-9(19-11(13)14)10(7)12(15,16)17/h4-5,11H,3H2,1-2H3. The van der Waals surface area contributed by atoms with Crippen LogP contribution in [-0.2, 0) is 12.6 Å². The smallest absolute Gasteiger partial charge is 0.420 e. The van der Waals surface area contributed by atoms with Crippen molar-refractivity contribution in [2.24, 2.45) is 0 Å². The van der Waals surface area contributed by atoms with Crippen molar-refractivity contribution in [3.63, 3.8) is 0 Å². The maximum atomic E-state index is 12.9. The highest BCUT2D eigenvalue weighted by Crippen LogP contribution is 2.40. The fourth-order valence-corrected chi connectivity index (χ4v) is 1.67. The molecular formula is C12H11F5O2. The minimum absolute atomic E-state index is 0.0600. The van der Waals surface area contributed by atoms with E-state index in [1.165, 1.54) is 6.92 Å². The zero-order valence-electron chi connectivity index (χ0n) is 10.1. The molecule has 1 aromatic carbocycles. The summed E-state index contributed by atoms with van der Waals surface area (Å²) in [6.45, 7) is -0.831. The molecule has 2 nitrogen and oxygen atoms in total. The van der Waals surface area contributed by atoms with E-state index in [-0.39, 0.29) is 17.5 Å². The maximum Gasteiger partial charge on any atom is 0.420 e. The van der Waals surface area contributed by atoms with Gasteiger partial charge in [-0.25, -0.2) is 0 Å². The lowest BCUT2D eigenvalue weighted by Gasteiger charge is -2.18. The molecule has 0 fully saturated rings. The van der Waals surface area contributed by atoms with E-state index < -0.39 is 29.9 Å². The van der Waals surface area contributed by atoms with Crippen molar-refractivity contribution in [2.45, 2.75) is 33.1 Å². The molecule has 0 aromatic heterocycles. The van der Waals surface area contributed by atoms with Crippen molar-refractivity contribution in [1.29, 1.82) is 0 Å². The summed E-state index contributed by atoms with van der Waals surface area (Å²) >= 11 is 0. The normalized spacial score (nSPS) is 11.8. The number of carbonyl (C=O) groups excluding carboxylic acids is 1. The van der Waals surface area contributed by atoms with Crippen LogP contribution in [0.25, 0.3) is 0 Å². The van der Waals surface area contributed by atoms with Crippen LogP contribution in [-0.4, -0.2) is 12.4 Å². The second-order valence-corrected chi connectivity index (χ2v) is 3.79. The fourth-order valence-electron chi connectivity index (χ4n) is 1.67. The third-order valence-corrected chi connectivity index (χ3v) is 2.47. The third-order valence-electron chi connectivity index (χ3n) is 2.47. The Morgan fingerprint density at radius 3 is 2.26 bits per heavy atom. The topological polar surface area (TPSA) is 26.3 Å². The van der Waals surface area contributed by atoms with Gasteiger partial charge < -0.3 is 4.74 Å². The van der Waals surface area contributed by atoms with E-state index >= 15 is 0 Å². The molecule has 7 heteroatoms. The molecule has 1 aromatic rings. The Labute approximate surface area is 106 Å². The van der Waals surface area contributed by atoms with E-state index in [1.807, 2.05) is 0 Å². The summed E-state index contributed by atoms with van der Waals surface area (Å²) in [4.78, 5) is 11.2. The maximum absolute atomic E-state index is 12.9. The summed E-state index contributed by atoms with van der Waals surface area (Å²) in [7, 11) is 0.